The first kappa shape index (κ1) is 20.3. The average Bonchev–Trinajstić information content (AvgIpc) is 3.10. The van der Waals surface area contributed by atoms with Gasteiger partial charge in [0.2, 0.25) is 0 Å². The third kappa shape index (κ3) is 3.76. The third-order valence-corrected chi connectivity index (χ3v) is 7.54. The van der Waals surface area contributed by atoms with Gasteiger partial charge in [0, 0.05) is 49.3 Å². The fraction of sp³-hybridized carbons (Fsp3) is 0.652. The van der Waals surface area contributed by atoms with E-state index < -0.39 is 11.7 Å². The highest BCUT2D eigenvalue weighted by molar-refractivity contribution is 5.86. The van der Waals surface area contributed by atoms with E-state index in [0.29, 0.717) is 11.8 Å². The lowest BCUT2D eigenvalue weighted by molar-refractivity contribution is -0.137. The monoisotopic (exact) mass is 421 g/mol. The molecule has 7 heteroatoms. The minimum absolute atomic E-state index is 0.266. The maximum absolute atomic E-state index is 13.3. The van der Waals surface area contributed by atoms with E-state index in [-0.39, 0.29) is 5.92 Å². The highest BCUT2D eigenvalue weighted by Gasteiger charge is 2.40. The van der Waals surface area contributed by atoms with Crippen LogP contribution >= 0.6 is 0 Å². The maximum atomic E-state index is 13.3. The van der Waals surface area contributed by atoms with E-state index in [1.54, 1.807) is 6.07 Å². The molecule has 4 nitrogen and oxygen atoms in total. The van der Waals surface area contributed by atoms with Gasteiger partial charge >= 0.3 is 6.18 Å². The van der Waals surface area contributed by atoms with Crippen molar-refractivity contribution in [3.63, 3.8) is 0 Å². The number of likely N-dealkylation sites (tertiary alicyclic amines) is 1. The van der Waals surface area contributed by atoms with Crippen molar-refractivity contribution >= 4 is 10.9 Å². The number of nitrogens with zero attached hydrogens (tertiary/aromatic N) is 2. The highest BCUT2D eigenvalue weighted by Crippen LogP contribution is 2.46. The Kier molecular flexibility index (Phi) is 5.32. The number of fused-ring (bicyclic) bond motifs is 4. The Morgan fingerprint density at radius 1 is 1.10 bits per heavy atom. The van der Waals surface area contributed by atoms with Gasteiger partial charge in [0.1, 0.15) is 0 Å². The van der Waals surface area contributed by atoms with Crippen molar-refractivity contribution in [1.29, 1.82) is 0 Å². The van der Waals surface area contributed by atoms with Crippen molar-refractivity contribution in [1.82, 2.24) is 14.8 Å². The molecule has 30 heavy (non-hydrogen) atoms. The predicted octanol–water partition coefficient (Wildman–Crippen LogP) is 4.12. The van der Waals surface area contributed by atoms with E-state index in [1.807, 2.05) is 0 Å². The van der Waals surface area contributed by atoms with Crippen LogP contribution in [0.4, 0.5) is 13.2 Å². The number of ether oxygens (including phenoxy) is 1. The van der Waals surface area contributed by atoms with Crippen molar-refractivity contribution in [2.75, 3.05) is 52.5 Å². The largest absolute Gasteiger partial charge is 0.416 e. The predicted molar refractivity (Wildman–Crippen MR) is 111 cm³/mol. The summed E-state index contributed by atoms with van der Waals surface area (Å²) in [6, 6.07) is 4.14. The molecule has 164 valence electrons. The number of piperidine rings is 1. The van der Waals surface area contributed by atoms with Crippen LogP contribution in [0.5, 0.6) is 0 Å². The van der Waals surface area contributed by atoms with Gasteiger partial charge in [0.15, 0.2) is 0 Å². The molecule has 0 spiro atoms. The molecular formula is C23H30F3N3O. The van der Waals surface area contributed by atoms with Gasteiger partial charge < -0.3 is 14.6 Å². The van der Waals surface area contributed by atoms with E-state index >= 15 is 0 Å². The molecule has 5 rings (SSSR count). The molecule has 1 N–H and O–H groups in total. The molecule has 1 aliphatic carbocycles. The van der Waals surface area contributed by atoms with Crippen LogP contribution in [0.25, 0.3) is 10.9 Å². The molecule has 0 saturated carbocycles. The topological polar surface area (TPSA) is 31.5 Å². The number of rotatable bonds is 3. The molecule has 2 aliphatic heterocycles. The second kappa shape index (κ2) is 7.84. The van der Waals surface area contributed by atoms with E-state index in [9.17, 15) is 13.2 Å². The number of benzene rings is 1. The van der Waals surface area contributed by atoms with Gasteiger partial charge in [-0.3, -0.25) is 4.90 Å². The molecule has 1 aromatic carbocycles. The zero-order valence-electron chi connectivity index (χ0n) is 17.5. The van der Waals surface area contributed by atoms with Gasteiger partial charge in [-0.1, -0.05) is 6.92 Å². The second-order valence-corrected chi connectivity index (χ2v) is 9.24. The van der Waals surface area contributed by atoms with Gasteiger partial charge in [-0.25, -0.2) is 0 Å². The minimum atomic E-state index is -4.31. The number of alkyl halides is 3. The van der Waals surface area contributed by atoms with Gasteiger partial charge in [0.05, 0.1) is 18.8 Å². The zero-order valence-corrected chi connectivity index (χ0v) is 17.5. The lowest BCUT2D eigenvalue weighted by Gasteiger charge is -2.45. The van der Waals surface area contributed by atoms with E-state index in [4.69, 9.17) is 4.74 Å². The molecule has 0 bridgehead atoms. The quantitative estimate of drug-likeness (QED) is 0.809. The molecule has 3 aliphatic rings. The summed E-state index contributed by atoms with van der Waals surface area (Å²) in [4.78, 5) is 8.47. The first-order valence-electron chi connectivity index (χ1n) is 11.1. The first-order valence-corrected chi connectivity index (χ1v) is 11.1. The van der Waals surface area contributed by atoms with Crippen molar-refractivity contribution in [3.8, 4) is 0 Å². The Bertz CT molecular complexity index is 903. The molecule has 3 heterocycles. The van der Waals surface area contributed by atoms with Crippen LogP contribution in [0.3, 0.4) is 0 Å². The molecule has 0 amide bonds. The van der Waals surface area contributed by atoms with Crippen molar-refractivity contribution < 1.29 is 17.9 Å². The smallest absolute Gasteiger partial charge is 0.379 e. The van der Waals surface area contributed by atoms with Gasteiger partial charge in [0.25, 0.3) is 0 Å². The highest BCUT2D eigenvalue weighted by atomic mass is 19.4. The summed E-state index contributed by atoms with van der Waals surface area (Å²) in [6.45, 7) is 10.2. The number of nitrogens with one attached hydrogen (secondary N) is 1. The van der Waals surface area contributed by atoms with Crippen LogP contribution in [-0.4, -0.2) is 67.3 Å². The van der Waals surface area contributed by atoms with Crippen LogP contribution in [0.1, 0.15) is 36.1 Å². The Hall–Kier alpha value is -1.57. The van der Waals surface area contributed by atoms with Crippen LogP contribution < -0.4 is 0 Å². The summed E-state index contributed by atoms with van der Waals surface area (Å²) < 4.78 is 45.3. The number of aromatic nitrogens is 1. The van der Waals surface area contributed by atoms with Crippen molar-refractivity contribution in [2.24, 2.45) is 11.8 Å². The number of halogens is 3. The lowest BCUT2D eigenvalue weighted by Crippen LogP contribution is -2.48. The first-order chi connectivity index (χ1) is 14.4. The number of aromatic amines is 1. The Labute approximate surface area is 175 Å². The minimum Gasteiger partial charge on any atom is -0.379 e. The number of hydrogen-bond acceptors (Lipinski definition) is 3. The van der Waals surface area contributed by atoms with Gasteiger partial charge in [-0.05, 0) is 60.9 Å². The summed E-state index contributed by atoms with van der Waals surface area (Å²) >= 11 is 0. The molecule has 3 atom stereocenters. The fourth-order valence-corrected chi connectivity index (χ4v) is 5.83. The molecule has 0 radical (unpaired) electrons. The summed E-state index contributed by atoms with van der Waals surface area (Å²) in [6.07, 6.45) is -2.18. The average molecular weight is 422 g/mol. The fourth-order valence-electron chi connectivity index (χ4n) is 5.83. The molecule has 2 fully saturated rings. The normalized spacial score (nSPS) is 28.5. The van der Waals surface area contributed by atoms with Crippen LogP contribution in [0.2, 0.25) is 0 Å². The Morgan fingerprint density at radius 3 is 2.63 bits per heavy atom. The van der Waals surface area contributed by atoms with E-state index in [1.165, 1.54) is 18.6 Å². The number of morpholine rings is 1. The van der Waals surface area contributed by atoms with Crippen molar-refractivity contribution in [2.45, 2.75) is 31.9 Å². The standard InChI is InChI=1S/C23H30F3N3O/c1-15-19-14-29(7-6-28-8-10-30-11-9-28)5-4-16(19)12-21-22(15)18-13-17(23(24,25)26)2-3-20(18)27-21/h2-3,13,15-16,19,27H,4-12,14H2,1H3/t15-,16-,19-/m1/s1. The third-order valence-electron chi connectivity index (χ3n) is 7.54. The number of hydrogen-bond donors (Lipinski definition) is 1. The van der Waals surface area contributed by atoms with Crippen LogP contribution in [0.15, 0.2) is 18.2 Å². The summed E-state index contributed by atoms with van der Waals surface area (Å²) in [5.41, 5.74) is 2.55. The van der Waals surface area contributed by atoms with Crippen LogP contribution in [0, 0.1) is 11.8 Å². The Balaban J connectivity index is 1.35. The van der Waals surface area contributed by atoms with E-state index in [0.717, 1.165) is 81.1 Å². The summed E-state index contributed by atoms with van der Waals surface area (Å²) in [5, 5.41) is 0.760. The Morgan fingerprint density at radius 2 is 1.87 bits per heavy atom. The second-order valence-electron chi connectivity index (χ2n) is 9.24. The SMILES string of the molecule is C[C@H]1c2c([nH]c3ccc(C(F)(F)F)cc23)C[C@H]2CCN(CCN3CCOCC3)C[C@@H]21. The van der Waals surface area contributed by atoms with Gasteiger partial charge in [-0.15, -0.1) is 0 Å². The number of H-pyrrole nitrogens is 1. The van der Waals surface area contributed by atoms with Gasteiger partial charge in [-0.2, -0.15) is 13.2 Å². The molecule has 2 saturated heterocycles. The lowest BCUT2D eigenvalue weighted by atomic mass is 9.68. The molecule has 2 aromatic rings. The zero-order chi connectivity index (χ0) is 20.9. The summed E-state index contributed by atoms with van der Waals surface area (Å²) in [5.74, 6) is 1.38. The van der Waals surface area contributed by atoms with E-state index in [2.05, 4.69) is 21.7 Å². The maximum Gasteiger partial charge on any atom is 0.416 e. The molecular weight excluding hydrogens is 391 g/mol. The molecule has 1 aromatic heterocycles. The van der Waals surface area contributed by atoms with Crippen LogP contribution in [-0.2, 0) is 17.3 Å². The molecule has 0 unspecified atom stereocenters. The van der Waals surface area contributed by atoms with Crippen molar-refractivity contribution in [3.05, 3.63) is 35.0 Å². The summed E-state index contributed by atoms with van der Waals surface area (Å²) in [7, 11) is 0.